The van der Waals surface area contributed by atoms with E-state index in [0.717, 1.165) is 25.0 Å². The quantitative estimate of drug-likeness (QED) is 0.910. The maximum atomic E-state index is 12.4. The van der Waals surface area contributed by atoms with Crippen LogP contribution in [-0.4, -0.2) is 41.7 Å². The normalized spacial score (nSPS) is 16.6. The third-order valence-corrected chi connectivity index (χ3v) is 3.51. The molecule has 1 heterocycles. The number of nitrogens with zero attached hydrogens (tertiary/aromatic N) is 1. The molecule has 2 rings (SSSR count). The van der Waals surface area contributed by atoms with Crippen LogP contribution < -0.4 is 0 Å². The molecule has 0 aromatic heterocycles. The van der Waals surface area contributed by atoms with Crippen molar-refractivity contribution >= 4 is 5.91 Å². The maximum Gasteiger partial charge on any atom is 0.257 e. The van der Waals surface area contributed by atoms with Crippen LogP contribution in [0.3, 0.4) is 0 Å². The molecule has 1 amide bonds. The van der Waals surface area contributed by atoms with E-state index in [1.165, 1.54) is 0 Å². The van der Waals surface area contributed by atoms with Gasteiger partial charge in [0, 0.05) is 19.7 Å². The Kier molecular flexibility index (Phi) is 4.43. The van der Waals surface area contributed by atoms with Gasteiger partial charge in [-0.1, -0.05) is 11.6 Å². The zero-order valence-corrected chi connectivity index (χ0v) is 11.6. The lowest BCUT2D eigenvalue weighted by Crippen LogP contribution is -2.40. The van der Waals surface area contributed by atoms with E-state index < -0.39 is 0 Å². The summed E-state index contributed by atoms with van der Waals surface area (Å²) >= 11 is 0. The Morgan fingerprint density at radius 2 is 2.11 bits per heavy atom. The number of phenols is 1. The number of aryl methyl sites for hydroxylation is 1. The molecule has 0 aliphatic carbocycles. The van der Waals surface area contributed by atoms with Crippen LogP contribution in [-0.2, 0) is 4.74 Å². The van der Waals surface area contributed by atoms with E-state index in [-0.39, 0.29) is 17.8 Å². The third-order valence-electron chi connectivity index (χ3n) is 3.51. The Bertz CT molecular complexity index is 451. The van der Waals surface area contributed by atoms with Gasteiger partial charge in [-0.2, -0.15) is 0 Å². The lowest BCUT2D eigenvalue weighted by atomic mass is 10.0. The number of likely N-dealkylation sites (tertiary alicyclic amines) is 1. The fourth-order valence-electron chi connectivity index (χ4n) is 2.45. The number of hydrogen-bond acceptors (Lipinski definition) is 3. The van der Waals surface area contributed by atoms with Crippen LogP contribution in [0.15, 0.2) is 18.2 Å². The molecule has 1 fully saturated rings. The predicted molar refractivity (Wildman–Crippen MR) is 73.4 cm³/mol. The molecule has 0 saturated carbocycles. The van der Waals surface area contributed by atoms with Crippen LogP contribution in [0.2, 0.25) is 0 Å². The molecule has 0 radical (unpaired) electrons. The highest BCUT2D eigenvalue weighted by atomic mass is 16.5. The van der Waals surface area contributed by atoms with Crippen LogP contribution in [0.1, 0.15) is 35.7 Å². The molecule has 104 valence electrons. The number of benzene rings is 1. The van der Waals surface area contributed by atoms with E-state index in [1.807, 2.05) is 13.8 Å². The molecule has 1 saturated heterocycles. The van der Waals surface area contributed by atoms with Gasteiger partial charge in [0.15, 0.2) is 0 Å². The highest BCUT2D eigenvalue weighted by Crippen LogP contribution is 2.22. The van der Waals surface area contributed by atoms with Gasteiger partial charge in [0.2, 0.25) is 0 Å². The molecule has 0 unspecified atom stereocenters. The average molecular weight is 263 g/mol. The molecule has 1 aliphatic heterocycles. The van der Waals surface area contributed by atoms with Crippen molar-refractivity contribution in [3.8, 4) is 5.75 Å². The Morgan fingerprint density at radius 3 is 2.74 bits per heavy atom. The van der Waals surface area contributed by atoms with E-state index in [4.69, 9.17) is 4.74 Å². The van der Waals surface area contributed by atoms with Gasteiger partial charge in [0.25, 0.3) is 5.91 Å². The monoisotopic (exact) mass is 263 g/mol. The molecule has 0 spiro atoms. The summed E-state index contributed by atoms with van der Waals surface area (Å²) in [6.07, 6.45) is 2.00. The fraction of sp³-hybridized carbons (Fsp3) is 0.533. The van der Waals surface area contributed by atoms with Crippen LogP contribution in [0.25, 0.3) is 0 Å². The summed E-state index contributed by atoms with van der Waals surface area (Å²) in [5, 5.41) is 9.80. The number of carbonyl (C=O) groups excluding carboxylic acids is 1. The van der Waals surface area contributed by atoms with Crippen LogP contribution in [0.5, 0.6) is 5.75 Å². The Balaban J connectivity index is 2.03. The summed E-state index contributed by atoms with van der Waals surface area (Å²) in [6.45, 7) is 6.00. The van der Waals surface area contributed by atoms with E-state index in [0.29, 0.717) is 18.7 Å². The van der Waals surface area contributed by atoms with Gasteiger partial charge in [-0.05, 0) is 38.8 Å². The Labute approximate surface area is 114 Å². The highest BCUT2D eigenvalue weighted by molar-refractivity contribution is 5.97. The molecule has 1 N–H and O–H groups in total. The van der Waals surface area contributed by atoms with Crippen molar-refractivity contribution in [1.29, 1.82) is 0 Å². The van der Waals surface area contributed by atoms with Crippen molar-refractivity contribution in [1.82, 2.24) is 4.90 Å². The summed E-state index contributed by atoms with van der Waals surface area (Å²) in [6, 6.07) is 5.12. The number of piperidine rings is 1. The standard InChI is InChI=1S/C15H21NO3/c1-3-19-12-6-8-16(9-7-12)15(18)13-10-11(2)4-5-14(13)17/h4-5,10,12,17H,3,6-9H2,1-2H3. The van der Waals surface area contributed by atoms with Crippen LogP contribution in [0.4, 0.5) is 0 Å². The average Bonchev–Trinajstić information content (AvgIpc) is 2.42. The van der Waals surface area contributed by atoms with Gasteiger partial charge in [0.1, 0.15) is 5.75 Å². The molecule has 4 nitrogen and oxygen atoms in total. The van der Waals surface area contributed by atoms with Gasteiger partial charge in [-0.3, -0.25) is 4.79 Å². The maximum absolute atomic E-state index is 12.4. The van der Waals surface area contributed by atoms with Gasteiger partial charge in [-0.25, -0.2) is 0 Å². The first-order chi connectivity index (χ1) is 9.11. The first-order valence-corrected chi connectivity index (χ1v) is 6.82. The summed E-state index contributed by atoms with van der Waals surface area (Å²) < 4.78 is 5.57. The lowest BCUT2D eigenvalue weighted by molar-refractivity contribution is 0.0145. The first kappa shape index (κ1) is 13.9. The summed E-state index contributed by atoms with van der Waals surface area (Å²) in [5.41, 5.74) is 1.38. The summed E-state index contributed by atoms with van der Waals surface area (Å²) in [4.78, 5) is 14.2. The minimum absolute atomic E-state index is 0.0579. The number of carbonyl (C=O) groups is 1. The second kappa shape index (κ2) is 6.06. The Hall–Kier alpha value is -1.55. The highest BCUT2D eigenvalue weighted by Gasteiger charge is 2.25. The fourth-order valence-corrected chi connectivity index (χ4v) is 2.45. The SMILES string of the molecule is CCOC1CCN(C(=O)c2cc(C)ccc2O)CC1. The zero-order valence-electron chi connectivity index (χ0n) is 11.6. The molecule has 1 aliphatic rings. The van der Waals surface area contributed by atoms with Crippen molar-refractivity contribution in [2.24, 2.45) is 0 Å². The van der Waals surface area contributed by atoms with Crippen molar-refractivity contribution in [3.63, 3.8) is 0 Å². The minimum atomic E-state index is -0.0869. The number of aromatic hydroxyl groups is 1. The number of phenolic OH excluding ortho intramolecular Hbond substituents is 1. The lowest BCUT2D eigenvalue weighted by Gasteiger charge is -2.32. The smallest absolute Gasteiger partial charge is 0.257 e. The number of amides is 1. The molecule has 1 aromatic rings. The molecular weight excluding hydrogens is 242 g/mol. The van der Waals surface area contributed by atoms with Crippen LogP contribution in [0, 0.1) is 6.92 Å². The van der Waals surface area contributed by atoms with Crippen molar-refractivity contribution < 1.29 is 14.6 Å². The molecule has 19 heavy (non-hydrogen) atoms. The molecule has 1 aromatic carbocycles. The minimum Gasteiger partial charge on any atom is -0.507 e. The summed E-state index contributed by atoms with van der Waals surface area (Å²) in [5.74, 6) is -0.0290. The second-order valence-corrected chi connectivity index (χ2v) is 4.97. The number of ether oxygens (including phenoxy) is 1. The number of rotatable bonds is 3. The molecule has 4 heteroatoms. The van der Waals surface area contributed by atoms with Gasteiger partial charge in [-0.15, -0.1) is 0 Å². The first-order valence-electron chi connectivity index (χ1n) is 6.82. The van der Waals surface area contributed by atoms with E-state index in [9.17, 15) is 9.90 Å². The van der Waals surface area contributed by atoms with Crippen molar-refractivity contribution in [2.45, 2.75) is 32.8 Å². The molecule has 0 atom stereocenters. The topological polar surface area (TPSA) is 49.8 Å². The van der Waals surface area contributed by atoms with Gasteiger partial charge < -0.3 is 14.7 Å². The molecule has 0 bridgehead atoms. The Morgan fingerprint density at radius 1 is 1.42 bits per heavy atom. The molecular formula is C15H21NO3. The third kappa shape index (κ3) is 3.26. The van der Waals surface area contributed by atoms with Crippen LogP contribution >= 0.6 is 0 Å². The van der Waals surface area contributed by atoms with E-state index in [2.05, 4.69) is 0 Å². The number of hydrogen-bond donors (Lipinski definition) is 1. The van der Waals surface area contributed by atoms with Gasteiger partial charge in [0.05, 0.1) is 11.7 Å². The predicted octanol–water partition coefficient (Wildman–Crippen LogP) is 2.34. The second-order valence-electron chi connectivity index (χ2n) is 4.97. The van der Waals surface area contributed by atoms with Crippen molar-refractivity contribution in [3.05, 3.63) is 29.3 Å². The largest absolute Gasteiger partial charge is 0.507 e. The van der Waals surface area contributed by atoms with E-state index in [1.54, 1.807) is 23.1 Å². The van der Waals surface area contributed by atoms with Gasteiger partial charge >= 0.3 is 0 Å². The van der Waals surface area contributed by atoms with Crippen molar-refractivity contribution in [2.75, 3.05) is 19.7 Å². The van der Waals surface area contributed by atoms with E-state index >= 15 is 0 Å². The zero-order chi connectivity index (χ0) is 13.8. The summed E-state index contributed by atoms with van der Waals surface area (Å²) in [7, 11) is 0.